The average Bonchev–Trinajstić information content (AvgIpc) is 2.49. The van der Waals surface area contributed by atoms with Crippen molar-refractivity contribution in [2.24, 2.45) is 5.92 Å². The smallest absolute Gasteiger partial charge is 0.315 e. The van der Waals surface area contributed by atoms with E-state index in [1.54, 1.807) is 0 Å². The Kier molecular flexibility index (Phi) is 5.88. The van der Waals surface area contributed by atoms with E-state index in [-0.39, 0.29) is 11.6 Å². The highest BCUT2D eigenvalue weighted by Gasteiger charge is 2.29. The number of morpholine rings is 1. The molecule has 2 aliphatic rings. The molecular formula is C16H31N3O2. The maximum atomic E-state index is 12.1. The third-order valence-corrected chi connectivity index (χ3v) is 4.98. The maximum absolute atomic E-state index is 12.1. The third-order valence-electron chi connectivity index (χ3n) is 4.98. The van der Waals surface area contributed by atoms with E-state index in [0.717, 1.165) is 32.7 Å². The second-order valence-electron chi connectivity index (χ2n) is 7.11. The van der Waals surface area contributed by atoms with Gasteiger partial charge in [0, 0.05) is 31.2 Å². The van der Waals surface area contributed by atoms with Crippen molar-refractivity contribution >= 4 is 6.03 Å². The summed E-state index contributed by atoms with van der Waals surface area (Å²) in [5.41, 5.74) is -0.0285. The topological polar surface area (TPSA) is 53.6 Å². The number of ether oxygens (including phenoxy) is 1. The van der Waals surface area contributed by atoms with Gasteiger partial charge in [-0.05, 0) is 32.6 Å². The lowest BCUT2D eigenvalue weighted by Gasteiger charge is -2.41. The summed E-state index contributed by atoms with van der Waals surface area (Å²) in [6.45, 7) is 10.7. The molecule has 1 heterocycles. The molecular weight excluding hydrogens is 266 g/mol. The molecule has 2 fully saturated rings. The molecule has 0 aromatic rings. The summed E-state index contributed by atoms with van der Waals surface area (Å²) in [4.78, 5) is 14.5. The Hall–Kier alpha value is -0.810. The number of carbonyl (C=O) groups excluding carboxylic acids is 1. The fourth-order valence-corrected chi connectivity index (χ4v) is 3.33. The normalized spacial score (nSPS) is 28.1. The zero-order chi connectivity index (χ0) is 15.3. The minimum absolute atomic E-state index is 0.0184. The van der Waals surface area contributed by atoms with Gasteiger partial charge in [0.25, 0.3) is 0 Å². The Balaban J connectivity index is 1.74. The van der Waals surface area contributed by atoms with Crippen LogP contribution in [-0.2, 0) is 4.74 Å². The van der Waals surface area contributed by atoms with Crippen LogP contribution in [0.5, 0.6) is 0 Å². The highest BCUT2D eigenvalue weighted by molar-refractivity contribution is 5.74. The van der Waals surface area contributed by atoms with Crippen molar-refractivity contribution in [2.45, 2.75) is 58.0 Å². The van der Waals surface area contributed by atoms with E-state index in [2.05, 4.69) is 36.3 Å². The Morgan fingerprint density at radius 2 is 1.90 bits per heavy atom. The fraction of sp³-hybridized carbons (Fsp3) is 0.938. The first-order chi connectivity index (χ1) is 9.99. The quantitative estimate of drug-likeness (QED) is 0.834. The number of amides is 2. The number of hydrogen-bond donors (Lipinski definition) is 2. The molecule has 1 saturated carbocycles. The largest absolute Gasteiger partial charge is 0.379 e. The summed E-state index contributed by atoms with van der Waals surface area (Å²) < 4.78 is 5.39. The molecule has 0 aromatic heterocycles. The second-order valence-corrected chi connectivity index (χ2v) is 7.11. The Morgan fingerprint density at radius 1 is 1.24 bits per heavy atom. The molecule has 0 radical (unpaired) electrons. The predicted molar refractivity (Wildman–Crippen MR) is 84.4 cm³/mol. The van der Waals surface area contributed by atoms with Crippen molar-refractivity contribution in [1.29, 1.82) is 0 Å². The number of nitrogens with one attached hydrogen (secondary N) is 2. The summed E-state index contributed by atoms with van der Waals surface area (Å²) in [7, 11) is 0. The molecule has 5 heteroatoms. The van der Waals surface area contributed by atoms with Crippen molar-refractivity contribution < 1.29 is 9.53 Å². The molecule has 2 atom stereocenters. The van der Waals surface area contributed by atoms with Gasteiger partial charge in [-0.25, -0.2) is 4.79 Å². The van der Waals surface area contributed by atoms with E-state index in [0.29, 0.717) is 18.5 Å². The van der Waals surface area contributed by atoms with Gasteiger partial charge in [0.1, 0.15) is 0 Å². The van der Waals surface area contributed by atoms with E-state index >= 15 is 0 Å². The molecule has 0 bridgehead atoms. The Labute approximate surface area is 128 Å². The fourth-order valence-electron chi connectivity index (χ4n) is 3.33. The molecule has 0 spiro atoms. The van der Waals surface area contributed by atoms with Crippen molar-refractivity contribution in [3.05, 3.63) is 0 Å². The Morgan fingerprint density at radius 3 is 2.57 bits per heavy atom. The monoisotopic (exact) mass is 297 g/mol. The minimum Gasteiger partial charge on any atom is -0.379 e. The van der Waals surface area contributed by atoms with Gasteiger partial charge in [-0.2, -0.15) is 0 Å². The van der Waals surface area contributed by atoms with Gasteiger partial charge in [-0.1, -0.05) is 19.8 Å². The van der Waals surface area contributed by atoms with Crippen LogP contribution >= 0.6 is 0 Å². The second kappa shape index (κ2) is 7.45. The van der Waals surface area contributed by atoms with E-state index < -0.39 is 0 Å². The highest BCUT2D eigenvalue weighted by Crippen LogP contribution is 2.23. The van der Waals surface area contributed by atoms with Crippen LogP contribution in [0, 0.1) is 5.92 Å². The highest BCUT2D eigenvalue weighted by atomic mass is 16.5. The summed E-state index contributed by atoms with van der Waals surface area (Å²) in [5.74, 6) is 0.594. The first-order valence-corrected chi connectivity index (χ1v) is 8.36. The number of carbonyl (C=O) groups is 1. The van der Waals surface area contributed by atoms with Crippen LogP contribution in [0.4, 0.5) is 4.79 Å². The van der Waals surface area contributed by atoms with E-state index in [4.69, 9.17) is 4.74 Å². The molecule has 2 rings (SSSR count). The van der Waals surface area contributed by atoms with E-state index in [1.807, 2.05) is 0 Å². The molecule has 2 amide bonds. The van der Waals surface area contributed by atoms with Crippen LogP contribution in [-0.4, -0.2) is 55.4 Å². The lowest BCUT2D eigenvalue weighted by Crippen LogP contribution is -2.57. The zero-order valence-corrected chi connectivity index (χ0v) is 13.8. The van der Waals surface area contributed by atoms with Gasteiger partial charge in [0.15, 0.2) is 0 Å². The van der Waals surface area contributed by atoms with Crippen LogP contribution in [0.15, 0.2) is 0 Å². The lowest BCUT2D eigenvalue weighted by molar-refractivity contribution is -0.00878. The first-order valence-electron chi connectivity index (χ1n) is 8.36. The Bertz CT molecular complexity index is 340. The number of hydrogen-bond acceptors (Lipinski definition) is 3. The van der Waals surface area contributed by atoms with Gasteiger partial charge in [0.2, 0.25) is 0 Å². The van der Waals surface area contributed by atoms with Gasteiger partial charge in [-0.3, -0.25) is 4.90 Å². The standard InChI is InChI=1S/C16H31N3O2/c1-13-6-4-5-7-14(13)18-15(20)17-12-16(2,3)19-8-10-21-11-9-19/h13-14H,4-12H2,1-3H3,(H2,17,18,20). The molecule has 5 nitrogen and oxygen atoms in total. The molecule has 122 valence electrons. The summed E-state index contributed by atoms with van der Waals surface area (Å²) in [6, 6.07) is 0.320. The molecule has 1 saturated heterocycles. The first kappa shape index (κ1) is 16.6. The number of nitrogens with zero attached hydrogens (tertiary/aromatic N) is 1. The van der Waals surface area contributed by atoms with Gasteiger partial charge >= 0.3 is 6.03 Å². The molecule has 2 N–H and O–H groups in total. The van der Waals surface area contributed by atoms with Crippen molar-refractivity contribution in [3.63, 3.8) is 0 Å². The van der Waals surface area contributed by atoms with E-state index in [9.17, 15) is 4.79 Å². The van der Waals surface area contributed by atoms with Crippen LogP contribution in [0.2, 0.25) is 0 Å². The molecule has 0 aromatic carbocycles. The average molecular weight is 297 g/mol. The van der Waals surface area contributed by atoms with Gasteiger partial charge < -0.3 is 15.4 Å². The third kappa shape index (κ3) is 4.85. The molecule has 2 unspecified atom stereocenters. The summed E-state index contributed by atoms with van der Waals surface area (Å²) >= 11 is 0. The van der Waals surface area contributed by atoms with Gasteiger partial charge in [0.05, 0.1) is 13.2 Å². The van der Waals surface area contributed by atoms with Gasteiger partial charge in [-0.15, -0.1) is 0 Å². The summed E-state index contributed by atoms with van der Waals surface area (Å²) in [6.07, 6.45) is 4.87. The maximum Gasteiger partial charge on any atom is 0.315 e. The van der Waals surface area contributed by atoms with Crippen molar-refractivity contribution in [2.75, 3.05) is 32.8 Å². The minimum atomic E-state index is -0.0285. The lowest BCUT2D eigenvalue weighted by atomic mass is 9.86. The van der Waals surface area contributed by atoms with Crippen LogP contribution < -0.4 is 10.6 Å². The zero-order valence-electron chi connectivity index (χ0n) is 13.8. The van der Waals surface area contributed by atoms with Crippen LogP contribution in [0.25, 0.3) is 0 Å². The number of urea groups is 1. The van der Waals surface area contributed by atoms with Crippen molar-refractivity contribution in [3.8, 4) is 0 Å². The predicted octanol–water partition coefficient (Wildman–Crippen LogP) is 1.98. The van der Waals surface area contributed by atoms with Crippen LogP contribution in [0.3, 0.4) is 0 Å². The summed E-state index contributed by atoms with van der Waals surface area (Å²) in [5, 5.41) is 6.21. The molecule has 1 aliphatic heterocycles. The SMILES string of the molecule is CC1CCCCC1NC(=O)NCC(C)(C)N1CCOCC1. The van der Waals surface area contributed by atoms with E-state index in [1.165, 1.54) is 19.3 Å². The molecule has 21 heavy (non-hydrogen) atoms. The molecule has 1 aliphatic carbocycles. The number of rotatable bonds is 4. The van der Waals surface area contributed by atoms with Crippen molar-refractivity contribution in [1.82, 2.24) is 15.5 Å². The van der Waals surface area contributed by atoms with Crippen LogP contribution in [0.1, 0.15) is 46.5 Å².